The van der Waals surface area contributed by atoms with E-state index in [1.807, 2.05) is 4.90 Å². The van der Waals surface area contributed by atoms with Crippen LogP contribution in [0, 0.1) is 5.92 Å². The van der Waals surface area contributed by atoms with Crippen LogP contribution in [0.4, 0.5) is 0 Å². The molecule has 180 valence electrons. The van der Waals surface area contributed by atoms with E-state index in [1.54, 1.807) is 0 Å². The number of ether oxygens (including phenoxy) is 1. The van der Waals surface area contributed by atoms with Crippen molar-refractivity contribution in [2.75, 3.05) is 26.2 Å². The average Bonchev–Trinajstić information content (AvgIpc) is 3.34. The molecule has 2 aliphatic rings. The van der Waals surface area contributed by atoms with E-state index in [0.29, 0.717) is 12.5 Å². The van der Waals surface area contributed by atoms with Crippen molar-refractivity contribution in [2.24, 2.45) is 5.92 Å². The molecule has 2 unspecified atom stereocenters. The summed E-state index contributed by atoms with van der Waals surface area (Å²) in [5.74, 6) is 1.81. The average molecular weight is 452 g/mol. The second-order valence-electron chi connectivity index (χ2n) is 10.2. The normalized spacial score (nSPS) is 20.5. The van der Waals surface area contributed by atoms with Crippen LogP contribution >= 0.6 is 0 Å². The van der Waals surface area contributed by atoms with Gasteiger partial charge in [0.15, 0.2) is 0 Å². The van der Waals surface area contributed by atoms with Gasteiger partial charge in [-0.05, 0) is 93.7 Å². The lowest BCUT2D eigenvalue weighted by Crippen LogP contribution is -2.48. The van der Waals surface area contributed by atoms with Gasteiger partial charge in [-0.15, -0.1) is 0 Å². The van der Waals surface area contributed by atoms with Gasteiger partial charge in [0.25, 0.3) is 0 Å². The number of nitrogens with zero attached hydrogens (tertiary/aromatic N) is 1. The zero-order valence-corrected chi connectivity index (χ0v) is 20.7. The van der Waals surface area contributed by atoms with E-state index in [1.165, 1.54) is 29.7 Å². The molecule has 1 fully saturated rings. The third kappa shape index (κ3) is 5.46. The van der Waals surface area contributed by atoms with Crippen LogP contribution in [0.15, 0.2) is 36.5 Å². The smallest absolute Gasteiger partial charge is 0.236 e. The molecule has 1 amide bonds. The molecule has 2 heterocycles. The van der Waals surface area contributed by atoms with Crippen LogP contribution < -0.4 is 10.1 Å². The molecule has 1 aromatic carbocycles. The first-order valence-corrected chi connectivity index (χ1v) is 12.9. The molecular weight excluding hydrogens is 410 g/mol. The molecule has 0 spiro atoms. The second kappa shape index (κ2) is 10.8. The summed E-state index contributed by atoms with van der Waals surface area (Å²) in [7, 11) is 0. The van der Waals surface area contributed by atoms with Gasteiger partial charge in [0.05, 0.1) is 12.6 Å². The van der Waals surface area contributed by atoms with E-state index in [2.05, 4.69) is 67.6 Å². The van der Waals surface area contributed by atoms with Crippen molar-refractivity contribution in [3.63, 3.8) is 0 Å². The molecule has 0 radical (unpaired) electrons. The Hall–Kier alpha value is -2.27. The lowest BCUT2D eigenvalue weighted by molar-refractivity contribution is -0.132. The number of aromatic nitrogens is 1. The highest BCUT2D eigenvalue weighted by molar-refractivity contribution is 5.78. The first kappa shape index (κ1) is 23.9. The Balaban J connectivity index is 1.56. The largest absolute Gasteiger partial charge is 0.491 e. The minimum Gasteiger partial charge on any atom is -0.491 e. The first-order valence-electron chi connectivity index (χ1n) is 12.9. The highest BCUT2D eigenvalue weighted by atomic mass is 16.5. The Morgan fingerprint density at radius 3 is 2.82 bits per heavy atom. The second-order valence-corrected chi connectivity index (χ2v) is 10.2. The molecule has 2 aromatic rings. The number of carbonyl (C=O) groups is 1. The molecule has 5 nitrogen and oxygen atoms in total. The Kier molecular flexibility index (Phi) is 7.79. The molecule has 0 bridgehead atoms. The van der Waals surface area contributed by atoms with E-state index in [-0.39, 0.29) is 17.4 Å². The van der Waals surface area contributed by atoms with Crippen LogP contribution in [0.2, 0.25) is 0 Å². The van der Waals surface area contributed by atoms with Crippen LogP contribution in [0.25, 0.3) is 0 Å². The lowest BCUT2D eigenvalue weighted by Gasteiger charge is -2.44. The minimum atomic E-state index is 0.113. The monoisotopic (exact) mass is 451 g/mol. The number of aromatic amines is 1. The van der Waals surface area contributed by atoms with Crippen LogP contribution in [0.5, 0.6) is 5.75 Å². The zero-order chi connectivity index (χ0) is 23.3. The molecule has 0 saturated carbocycles. The van der Waals surface area contributed by atoms with Crippen molar-refractivity contribution in [1.82, 2.24) is 15.2 Å². The molecule has 1 aromatic heterocycles. The van der Waals surface area contributed by atoms with Gasteiger partial charge in [0.1, 0.15) is 5.75 Å². The van der Waals surface area contributed by atoms with E-state index in [4.69, 9.17) is 4.74 Å². The number of piperazine rings is 1. The van der Waals surface area contributed by atoms with Crippen LogP contribution in [0.1, 0.15) is 69.7 Å². The van der Waals surface area contributed by atoms with Crippen molar-refractivity contribution in [3.05, 3.63) is 53.3 Å². The summed E-state index contributed by atoms with van der Waals surface area (Å²) >= 11 is 0. The van der Waals surface area contributed by atoms with Crippen molar-refractivity contribution >= 4 is 5.91 Å². The summed E-state index contributed by atoms with van der Waals surface area (Å²) in [6, 6.07) is 11.1. The third-order valence-corrected chi connectivity index (χ3v) is 7.63. The fourth-order valence-corrected chi connectivity index (χ4v) is 6.13. The SMILES string of the molecule is CCCC(CCCN1CCNCC1=O)(c1ccc[nH]1)C1CCc2ccc(OC(C)C)cc2C1. The van der Waals surface area contributed by atoms with Crippen molar-refractivity contribution in [3.8, 4) is 5.75 Å². The number of aryl methyl sites for hydroxylation is 1. The predicted molar refractivity (Wildman–Crippen MR) is 134 cm³/mol. The maximum atomic E-state index is 12.3. The van der Waals surface area contributed by atoms with Gasteiger partial charge in [-0.3, -0.25) is 4.79 Å². The maximum Gasteiger partial charge on any atom is 0.236 e. The maximum absolute atomic E-state index is 12.3. The van der Waals surface area contributed by atoms with E-state index >= 15 is 0 Å². The summed E-state index contributed by atoms with van der Waals surface area (Å²) in [5.41, 5.74) is 4.42. The number of nitrogens with one attached hydrogen (secondary N) is 2. The van der Waals surface area contributed by atoms with Gasteiger partial charge >= 0.3 is 0 Å². The van der Waals surface area contributed by atoms with Gasteiger partial charge in [-0.1, -0.05) is 19.4 Å². The Labute approximate surface area is 199 Å². The van der Waals surface area contributed by atoms with Crippen molar-refractivity contribution in [2.45, 2.75) is 77.2 Å². The number of amides is 1. The highest BCUT2D eigenvalue weighted by Crippen LogP contribution is 2.46. The number of hydrogen-bond donors (Lipinski definition) is 2. The Morgan fingerprint density at radius 1 is 1.21 bits per heavy atom. The number of benzene rings is 1. The van der Waals surface area contributed by atoms with Crippen LogP contribution in [-0.2, 0) is 23.1 Å². The predicted octanol–water partition coefficient (Wildman–Crippen LogP) is 4.86. The van der Waals surface area contributed by atoms with Crippen molar-refractivity contribution < 1.29 is 9.53 Å². The Morgan fingerprint density at radius 2 is 2.09 bits per heavy atom. The molecule has 4 rings (SSSR count). The number of H-pyrrole nitrogens is 1. The van der Waals surface area contributed by atoms with Crippen molar-refractivity contribution in [1.29, 1.82) is 0 Å². The molecule has 1 aliphatic heterocycles. The van der Waals surface area contributed by atoms with Crippen LogP contribution in [0.3, 0.4) is 0 Å². The standard InChI is InChI=1S/C28H41N3O2/c1-4-12-28(26-7-5-14-30-26,13-6-16-31-17-15-29-20-27(31)32)24-10-8-22-9-11-25(33-21(2)3)19-23(22)18-24/h5,7,9,11,14,19,21,24,29-30H,4,6,8,10,12-13,15-18,20H2,1-3H3. The van der Waals surface area contributed by atoms with E-state index in [0.717, 1.165) is 57.5 Å². The van der Waals surface area contributed by atoms with Gasteiger partial charge in [0, 0.05) is 36.9 Å². The van der Waals surface area contributed by atoms with Gasteiger partial charge in [-0.2, -0.15) is 0 Å². The number of fused-ring (bicyclic) bond motifs is 1. The third-order valence-electron chi connectivity index (χ3n) is 7.63. The summed E-state index contributed by atoms with van der Waals surface area (Å²) in [6.07, 6.45) is 10.2. The first-order chi connectivity index (χ1) is 16.0. The zero-order valence-electron chi connectivity index (χ0n) is 20.7. The number of hydrogen-bond acceptors (Lipinski definition) is 3. The summed E-state index contributed by atoms with van der Waals surface area (Å²) in [6.45, 7) is 9.56. The minimum absolute atomic E-state index is 0.113. The fourth-order valence-electron chi connectivity index (χ4n) is 6.13. The number of rotatable bonds is 10. The van der Waals surface area contributed by atoms with E-state index in [9.17, 15) is 4.79 Å². The topological polar surface area (TPSA) is 57.4 Å². The summed E-state index contributed by atoms with van der Waals surface area (Å²) < 4.78 is 6.01. The summed E-state index contributed by atoms with van der Waals surface area (Å²) in [5, 5.41) is 3.18. The molecular formula is C28H41N3O2. The molecule has 5 heteroatoms. The van der Waals surface area contributed by atoms with Gasteiger partial charge < -0.3 is 19.9 Å². The molecule has 33 heavy (non-hydrogen) atoms. The molecule has 1 aliphatic carbocycles. The molecule has 2 atom stereocenters. The summed E-state index contributed by atoms with van der Waals surface area (Å²) in [4.78, 5) is 17.9. The van der Waals surface area contributed by atoms with Gasteiger partial charge in [0.2, 0.25) is 5.91 Å². The number of carbonyl (C=O) groups excluding carboxylic acids is 1. The Bertz CT molecular complexity index is 908. The lowest BCUT2D eigenvalue weighted by atomic mass is 9.61. The van der Waals surface area contributed by atoms with Gasteiger partial charge in [-0.25, -0.2) is 0 Å². The van der Waals surface area contributed by atoms with Crippen LogP contribution in [-0.4, -0.2) is 48.1 Å². The molecule has 1 saturated heterocycles. The van der Waals surface area contributed by atoms with E-state index < -0.39 is 0 Å². The highest BCUT2D eigenvalue weighted by Gasteiger charge is 2.41. The molecule has 2 N–H and O–H groups in total. The quantitative estimate of drug-likeness (QED) is 0.543. The fraction of sp³-hybridized carbons (Fsp3) is 0.607.